The number of benzene rings is 1. The van der Waals surface area contributed by atoms with Crippen LogP contribution >= 0.6 is 0 Å². The van der Waals surface area contributed by atoms with Crippen molar-refractivity contribution < 1.29 is 4.79 Å². The Balaban J connectivity index is 1.27. The van der Waals surface area contributed by atoms with Crippen LogP contribution in [0.5, 0.6) is 0 Å². The molecule has 144 valence electrons. The van der Waals surface area contributed by atoms with E-state index in [1.807, 2.05) is 12.5 Å². The molecule has 4 rings (SSSR count). The van der Waals surface area contributed by atoms with Crippen LogP contribution in [0.1, 0.15) is 43.7 Å². The lowest BCUT2D eigenvalue weighted by atomic mass is 10.0. The van der Waals surface area contributed by atoms with E-state index in [4.69, 9.17) is 0 Å². The van der Waals surface area contributed by atoms with Crippen molar-refractivity contribution in [3.8, 4) is 0 Å². The van der Waals surface area contributed by atoms with Gasteiger partial charge >= 0.3 is 6.03 Å². The fourth-order valence-electron chi connectivity index (χ4n) is 4.49. The summed E-state index contributed by atoms with van der Waals surface area (Å²) in [5.74, 6) is 0. The molecule has 1 aromatic carbocycles. The Kier molecular flexibility index (Phi) is 5.72. The number of likely N-dealkylation sites (tertiary alicyclic amines) is 1. The summed E-state index contributed by atoms with van der Waals surface area (Å²) in [4.78, 5) is 19.2. The van der Waals surface area contributed by atoms with Gasteiger partial charge in [-0.05, 0) is 44.2 Å². The Morgan fingerprint density at radius 1 is 1.11 bits per heavy atom. The molecule has 2 heterocycles. The SMILES string of the molecule is O=C(NC1CCCN(Cc2ccccc2)C1)NC1CCCC1n1ccnc1. The average molecular weight is 367 g/mol. The van der Waals surface area contributed by atoms with E-state index >= 15 is 0 Å². The molecule has 0 bridgehead atoms. The van der Waals surface area contributed by atoms with Crippen molar-refractivity contribution in [1.29, 1.82) is 0 Å². The van der Waals surface area contributed by atoms with Crippen LogP contribution in [-0.4, -0.2) is 45.7 Å². The van der Waals surface area contributed by atoms with E-state index in [0.717, 1.165) is 51.7 Å². The molecule has 2 N–H and O–H groups in total. The molecule has 2 fully saturated rings. The first-order chi connectivity index (χ1) is 13.3. The van der Waals surface area contributed by atoms with Crippen LogP contribution in [-0.2, 0) is 6.54 Å². The van der Waals surface area contributed by atoms with Gasteiger partial charge in [-0.25, -0.2) is 9.78 Å². The topological polar surface area (TPSA) is 62.2 Å². The molecule has 0 radical (unpaired) electrons. The molecule has 6 heteroatoms. The summed E-state index contributed by atoms with van der Waals surface area (Å²) < 4.78 is 2.13. The minimum absolute atomic E-state index is 0.0291. The van der Waals surface area contributed by atoms with Gasteiger partial charge in [-0.1, -0.05) is 30.3 Å². The number of nitrogens with zero attached hydrogens (tertiary/aromatic N) is 3. The molecule has 2 aliphatic rings. The van der Waals surface area contributed by atoms with Crippen molar-refractivity contribution in [1.82, 2.24) is 25.1 Å². The fourth-order valence-corrected chi connectivity index (χ4v) is 4.49. The standard InChI is InChI=1S/C21H29N5O/c27-21(24-19-9-4-10-20(19)26-13-11-22-16-26)23-18-8-5-12-25(15-18)14-17-6-2-1-3-7-17/h1-3,6-7,11,13,16,18-20H,4-5,8-10,12,14-15H2,(H2,23,24,27). The highest BCUT2D eigenvalue weighted by molar-refractivity contribution is 5.74. The summed E-state index contributed by atoms with van der Waals surface area (Å²) in [5.41, 5.74) is 1.33. The van der Waals surface area contributed by atoms with Gasteiger partial charge in [-0.3, -0.25) is 4.90 Å². The summed E-state index contributed by atoms with van der Waals surface area (Å²) >= 11 is 0. The second-order valence-corrected chi connectivity index (χ2v) is 7.79. The van der Waals surface area contributed by atoms with Crippen molar-refractivity contribution >= 4 is 6.03 Å². The lowest BCUT2D eigenvalue weighted by molar-refractivity contribution is 0.178. The van der Waals surface area contributed by atoms with Gasteiger partial charge in [0.15, 0.2) is 0 Å². The molecule has 1 saturated heterocycles. The number of imidazole rings is 1. The first kappa shape index (κ1) is 18.0. The Hall–Kier alpha value is -2.34. The average Bonchev–Trinajstić information content (AvgIpc) is 3.34. The van der Waals surface area contributed by atoms with Gasteiger partial charge in [0, 0.05) is 31.5 Å². The number of aromatic nitrogens is 2. The van der Waals surface area contributed by atoms with Crippen LogP contribution in [0.25, 0.3) is 0 Å². The maximum Gasteiger partial charge on any atom is 0.315 e. The van der Waals surface area contributed by atoms with Gasteiger partial charge < -0.3 is 15.2 Å². The second kappa shape index (κ2) is 8.57. The molecule has 2 amide bonds. The number of carbonyl (C=O) groups is 1. The van der Waals surface area contributed by atoms with Gasteiger partial charge in [0.1, 0.15) is 0 Å². The van der Waals surface area contributed by atoms with E-state index in [2.05, 4.69) is 55.4 Å². The summed E-state index contributed by atoms with van der Waals surface area (Å²) in [6, 6.07) is 11.2. The predicted molar refractivity (Wildman–Crippen MR) is 105 cm³/mol. The Labute approximate surface area is 161 Å². The van der Waals surface area contributed by atoms with Gasteiger partial charge in [0.2, 0.25) is 0 Å². The van der Waals surface area contributed by atoms with E-state index in [1.165, 1.54) is 5.56 Å². The van der Waals surface area contributed by atoms with Gasteiger partial charge in [-0.2, -0.15) is 0 Å². The third-order valence-electron chi connectivity index (χ3n) is 5.79. The van der Waals surface area contributed by atoms with E-state index in [9.17, 15) is 4.79 Å². The summed E-state index contributed by atoms with van der Waals surface area (Å²) in [7, 11) is 0. The largest absolute Gasteiger partial charge is 0.334 e. The van der Waals surface area contributed by atoms with Crippen LogP contribution in [0.2, 0.25) is 0 Å². The zero-order valence-corrected chi connectivity index (χ0v) is 15.8. The monoisotopic (exact) mass is 367 g/mol. The number of amides is 2. The third kappa shape index (κ3) is 4.69. The molecule has 3 atom stereocenters. The molecule has 1 aromatic heterocycles. The number of rotatable bonds is 5. The highest BCUT2D eigenvalue weighted by atomic mass is 16.2. The number of carbonyl (C=O) groups excluding carboxylic acids is 1. The van der Waals surface area contributed by atoms with Crippen LogP contribution in [0.15, 0.2) is 49.1 Å². The van der Waals surface area contributed by atoms with Gasteiger partial charge in [0.05, 0.1) is 18.4 Å². The highest BCUT2D eigenvalue weighted by Gasteiger charge is 2.30. The highest BCUT2D eigenvalue weighted by Crippen LogP contribution is 2.29. The molecule has 2 aromatic rings. The maximum atomic E-state index is 12.6. The van der Waals surface area contributed by atoms with Crippen molar-refractivity contribution in [2.75, 3.05) is 13.1 Å². The molecule has 0 spiro atoms. The lowest BCUT2D eigenvalue weighted by Gasteiger charge is -2.33. The molecular formula is C21H29N5O. The van der Waals surface area contributed by atoms with Crippen molar-refractivity contribution in [3.05, 3.63) is 54.6 Å². The summed E-state index contributed by atoms with van der Waals surface area (Å²) in [6.45, 7) is 2.96. The molecule has 3 unspecified atom stereocenters. The van der Waals surface area contributed by atoms with Gasteiger partial charge in [-0.15, -0.1) is 0 Å². The van der Waals surface area contributed by atoms with Crippen molar-refractivity contribution in [2.24, 2.45) is 0 Å². The van der Waals surface area contributed by atoms with Crippen LogP contribution in [0, 0.1) is 0 Å². The predicted octanol–water partition coefficient (Wildman–Crippen LogP) is 2.94. The zero-order valence-electron chi connectivity index (χ0n) is 15.8. The van der Waals surface area contributed by atoms with Crippen LogP contribution in [0.3, 0.4) is 0 Å². The Morgan fingerprint density at radius 3 is 2.81 bits per heavy atom. The van der Waals surface area contributed by atoms with Crippen LogP contribution < -0.4 is 10.6 Å². The normalized spacial score (nSPS) is 26.0. The van der Waals surface area contributed by atoms with Gasteiger partial charge in [0.25, 0.3) is 0 Å². The summed E-state index contributed by atoms with van der Waals surface area (Å²) in [5, 5.41) is 6.42. The Bertz CT molecular complexity index is 717. The molecule has 1 aliphatic carbocycles. The van der Waals surface area contributed by atoms with E-state index in [-0.39, 0.29) is 18.1 Å². The molecule has 6 nitrogen and oxygen atoms in total. The van der Waals surface area contributed by atoms with E-state index < -0.39 is 0 Å². The number of hydrogen-bond acceptors (Lipinski definition) is 3. The number of nitrogens with one attached hydrogen (secondary N) is 2. The first-order valence-electron chi connectivity index (χ1n) is 10.1. The fraction of sp³-hybridized carbons (Fsp3) is 0.524. The molecule has 1 aliphatic heterocycles. The molecule has 27 heavy (non-hydrogen) atoms. The zero-order chi connectivity index (χ0) is 18.5. The smallest absolute Gasteiger partial charge is 0.315 e. The van der Waals surface area contributed by atoms with Crippen molar-refractivity contribution in [2.45, 2.75) is 56.8 Å². The minimum Gasteiger partial charge on any atom is -0.334 e. The quantitative estimate of drug-likeness (QED) is 0.854. The van der Waals surface area contributed by atoms with E-state index in [1.54, 1.807) is 6.20 Å². The van der Waals surface area contributed by atoms with Crippen LogP contribution in [0.4, 0.5) is 4.79 Å². The molecular weight excluding hydrogens is 338 g/mol. The maximum absolute atomic E-state index is 12.6. The Morgan fingerprint density at radius 2 is 2.00 bits per heavy atom. The van der Waals surface area contributed by atoms with E-state index in [0.29, 0.717) is 6.04 Å². The second-order valence-electron chi connectivity index (χ2n) is 7.79. The molecule has 1 saturated carbocycles. The number of piperidine rings is 1. The third-order valence-corrected chi connectivity index (χ3v) is 5.79. The number of urea groups is 1. The summed E-state index contributed by atoms with van der Waals surface area (Å²) in [6.07, 6.45) is 11.1. The van der Waals surface area contributed by atoms with Crippen molar-refractivity contribution in [3.63, 3.8) is 0 Å². The lowest BCUT2D eigenvalue weighted by Crippen LogP contribution is -2.52. The number of hydrogen-bond donors (Lipinski definition) is 2. The minimum atomic E-state index is -0.0291. The first-order valence-corrected chi connectivity index (χ1v) is 10.1.